The molecular formula is C15H28N2O3. The third-order valence-corrected chi connectivity index (χ3v) is 4.24. The zero-order valence-electron chi connectivity index (χ0n) is 12.7. The molecule has 1 fully saturated rings. The molecule has 0 bridgehead atoms. The summed E-state index contributed by atoms with van der Waals surface area (Å²) in [4.78, 5) is 22.8. The lowest BCUT2D eigenvalue weighted by atomic mass is 9.66. The number of rotatable bonds is 9. The van der Waals surface area contributed by atoms with Gasteiger partial charge in [-0.2, -0.15) is 0 Å². The number of carboxylic acids is 1. The Labute approximate surface area is 121 Å². The van der Waals surface area contributed by atoms with Gasteiger partial charge < -0.3 is 16.2 Å². The lowest BCUT2D eigenvalue weighted by Crippen LogP contribution is -2.42. The van der Waals surface area contributed by atoms with Gasteiger partial charge in [-0.15, -0.1) is 0 Å². The topological polar surface area (TPSA) is 92.4 Å². The minimum Gasteiger partial charge on any atom is -0.481 e. The molecule has 0 aromatic carbocycles. The first-order valence-corrected chi connectivity index (χ1v) is 7.55. The highest BCUT2D eigenvalue weighted by molar-refractivity contribution is 5.77. The molecule has 4 N–H and O–H groups in total. The molecule has 0 aromatic heterocycles. The molecule has 116 valence electrons. The van der Waals surface area contributed by atoms with Crippen molar-refractivity contribution in [3.63, 3.8) is 0 Å². The Morgan fingerprint density at radius 3 is 2.40 bits per heavy atom. The Kier molecular flexibility index (Phi) is 6.46. The van der Waals surface area contributed by atoms with Gasteiger partial charge in [0.2, 0.25) is 5.91 Å². The van der Waals surface area contributed by atoms with Gasteiger partial charge in [-0.1, -0.05) is 20.3 Å². The van der Waals surface area contributed by atoms with E-state index in [2.05, 4.69) is 19.2 Å². The molecule has 5 nitrogen and oxygen atoms in total. The van der Waals surface area contributed by atoms with Gasteiger partial charge in [0.1, 0.15) is 0 Å². The molecule has 1 amide bonds. The second kappa shape index (κ2) is 7.62. The molecule has 5 heteroatoms. The van der Waals surface area contributed by atoms with Gasteiger partial charge in [0, 0.05) is 19.4 Å². The maximum absolute atomic E-state index is 12.0. The van der Waals surface area contributed by atoms with Crippen LogP contribution in [-0.4, -0.2) is 30.1 Å². The molecule has 1 aliphatic rings. The fraction of sp³-hybridized carbons (Fsp3) is 0.867. The van der Waals surface area contributed by atoms with Crippen LogP contribution < -0.4 is 11.1 Å². The van der Waals surface area contributed by atoms with Gasteiger partial charge in [-0.3, -0.25) is 9.59 Å². The maximum atomic E-state index is 12.0. The van der Waals surface area contributed by atoms with E-state index in [1.807, 2.05) is 0 Å². The molecule has 1 saturated carbocycles. The van der Waals surface area contributed by atoms with E-state index < -0.39 is 5.97 Å². The summed E-state index contributed by atoms with van der Waals surface area (Å²) in [6, 6.07) is 0. The van der Waals surface area contributed by atoms with Crippen molar-refractivity contribution in [2.24, 2.45) is 23.0 Å². The highest BCUT2D eigenvalue weighted by Crippen LogP contribution is 2.42. The fourth-order valence-electron chi connectivity index (χ4n) is 2.94. The SMILES string of the molecule is CC(C)C[C@H](CNC(=O)CC1(CN)CCC1)CC(=O)O. The zero-order valence-corrected chi connectivity index (χ0v) is 12.7. The first kappa shape index (κ1) is 17.0. The molecule has 1 rings (SSSR count). The van der Waals surface area contributed by atoms with Crippen LogP contribution in [0, 0.1) is 17.3 Å². The minimum atomic E-state index is -0.803. The Morgan fingerprint density at radius 1 is 1.35 bits per heavy atom. The Morgan fingerprint density at radius 2 is 2.00 bits per heavy atom. The van der Waals surface area contributed by atoms with Gasteiger partial charge in [0.15, 0.2) is 0 Å². The molecule has 0 radical (unpaired) electrons. The Balaban J connectivity index is 2.37. The van der Waals surface area contributed by atoms with Crippen LogP contribution in [0.15, 0.2) is 0 Å². The number of carbonyl (C=O) groups excluding carboxylic acids is 1. The predicted octanol–water partition coefficient (Wildman–Crippen LogP) is 1.76. The lowest BCUT2D eigenvalue weighted by Gasteiger charge is -2.40. The van der Waals surface area contributed by atoms with Gasteiger partial charge in [0.25, 0.3) is 0 Å². The molecule has 0 aliphatic heterocycles. The number of nitrogens with one attached hydrogen (secondary N) is 1. The summed E-state index contributed by atoms with van der Waals surface area (Å²) in [6.45, 7) is 5.14. The van der Waals surface area contributed by atoms with Crippen LogP contribution in [0.1, 0.15) is 52.4 Å². The number of amides is 1. The third-order valence-electron chi connectivity index (χ3n) is 4.24. The summed E-state index contributed by atoms with van der Waals surface area (Å²) < 4.78 is 0. The van der Waals surface area contributed by atoms with Crippen molar-refractivity contribution in [1.29, 1.82) is 0 Å². The van der Waals surface area contributed by atoms with Crippen molar-refractivity contribution < 1.29 is 14.7 Å². The van der Waals surface area contributed by atoms with Crippen LogP contribution >= 0.6 is 0 Å². The number of aliphatic carboxylic acids is 1. The Hall–Kier alpha value is -1.10. The third kappa shape index (κ3) is 5.49. The van der Waals surface area contributed by atoms with Crippen molar-refractivity contribution in [2.75, 3.05) is 13.1 Å². The number of carboxylic acid groups (broad SMARTS) is 1. The number of hydrogen-bond acceptors (Lipinski definition) is 3. The summed E-state index contributed by atoms with van der Waals surface area (Å²) in [7, 11) is 0. The maximum Gasteiger partial charge on any atom is 0.303 e. The molecule has 0 heterocycles. The summed E-state index contributed by atoms with van der Waals surface area (Å²) in [5.41, 5.74) is 5.75. The quantitative estimate of drug-likeness (QED) is 0.601. The summed E-state index contributed by atoms with van der Waals surface area (Å²) in [5.74, 6) is -0.360. The van der Waals surface area contributed by atoms with Crippen LogP contribution in [0.5, 0.6) is 0 Å². The van der Waals surface area contributed by atoms with Crippen LogP contribution in [0.2, 0.25) is 0 Å². The van der Waals surface area contributed by atoms with Crippen molar-refractivity contribution in [3.05, 3.63) is 0 Å². The minimum absolute atomic E-state index is 0.00439. The normalized spacial score (nSPS) is 18.4. The molecule has 0 unspecified atom stereocenters. The summed E-state index contributed by atoms with van der Waals surface area (Å²) >= 11 is 0. The van der Waals surface area contributed by atoms with Crippen LogP contribution in [0.25, 0.3) is 0 Å². The molecule has 0 saturated heterocycles. The van der Waals surface area contributed by atoms with E-state index in [1.54, 1.807) is 0 Å². The van der Waals surface area contributed by atoms with Crippen molar-refractivity contribution >= 4 is 11.9 Å². The van der Waals surface area contributed by atoms with Crippen molar-refractivity contribution in [3.8, 4) is 0 Å². The van der Waals surface area contributed by atoms with E-state index in [0.29, 0.717) is 25.4 Å². The van der Waals surface area contributed by atoms with E-state index in [0.717, 1.165) is 25.7 Å². The predicted molar refractivity (Wildman–Crippen MR) is 78.2 cm³/mol. The second-order valence-electron chi connectivity index (χ2n) is 6.63. The largest absolute Gasteiger partial charge is 0.481 e. The van der Waals surface area contributed by atoms with Crippen molar-refractivity contribution in [2.45, 2.75) is 52.4 Å². The highest BCUT2D eigenvalue weighted by Gasteiger charge is 2.37. The molecule has 0 spiro atoms. The number of nitrogens with two attached hydrogens (primary N) is 1. The van der Waals surface area contributed by atoms with E-state index in [1.165, 1.54) is 0 Å². The monoisotopic (exact) mass is 284 g/mol. The van der Waals surface area contributed by atoms with Crippen molar-refractivity contribution in [1.82, 2.24) is 5.32 Å². The Bertz CT molecular complexity index is 333. The first-order chi connectivity index (χ1) is 9.37. The average molecular weight is 284 g/mol. The lowest BCUT2D eigenvalue weighted by molar-refractivity contribution is -0.138. The van der Waals surface area contributed by atoms with E-state index >= 15 is 0 Å². The van der Waals surface area contributed by atoms with Crippen LogP contribution in [0.4, 0.5) is 0 Å². The van der Waals surface area contributed by atoms with Gasteiger partial charge in [0.05, 0.1) is 0 Å². The molecular weight excluding hydrogens is 256 g/mol. The van der Waals surface area contributed by atoms with Gasteiger partial charge >= 0.3 is 5.97 Å². The number of hydrogen-bond donors (Lipinski definition) is 3. The summed E-state index contributed by atoms with van der Waals surface area (Å²) in [6.07, 6.45) is 4.61. The highest BCUT2D eigenvalue weighted by atomic mass is 16.4. The second-order valence-corrected chi connectivity index (χ2v) is 6.63. The first-order valence-electron chi connectivity index (χ1n) is 7.55. The van der Waals surface area contributed by atoms with Gasteiger partial charge in [-0.05, 0) is 43.1 Å². The smallest absolute Gasteiger partial charge is 0.303 e. The molecule has 1 atom stereocenters. The van der Waals surface area contributed by atoms with E-state index in [4.69, 9.17) is 10.8 Å². The van der Waals surface area contributed by atoms with Gasteiger partial charge in [-0.25, -0.2) is 0 Å². The molecule has 20 heavy (non-hydrogen) atoms. The van der Waals surface area contributed by atoms with E-state index in [-0.39, 0.29) is 23.7 Å². The average Bonchev–Trinajstić information content (AvgIpc) is 2.29. The number of carbonyl (C=O) groups is 2. The zero-order chi connectivity index (χ0) is 15.2. The van der Waals surface area contributed by atoms with Crippen LogP contribution in [-0.2, 0) is 9.59 Å². The fourth-order valence-corrected chi connectivity index (χ4v) is 2.94. The molecule has 0 aromatic rings. The summed E-state index contributed by atoms with van der Waals surface area (Å²) in [5, 5.41) is 11.8. The standard InChI is InChI=1S/C15H28N2O3/c1-11(2)6-12(7-14(19)20)9-17-13(18)8-15(10-16)4-3-5-15/h11-12H,3-10,16H2,1-2H3,(H,17,18)(H,19,20)/t12-/m0/s1. The van der Waals surface area contributed by atoms with Crippen LogP contribution in [0.3, 0.4) is 0 Å². The van der Waals surface area contributed by atoms with E-state index in [9.17, 15) is 9.59 Å². The molecule has 1 aliphatic carbocycles.